The van der Waals surface area contributed by atoms with E-state index in [2.05, 4.69) is 118 Å². The van der Waals surface area contributed by atoms with Crippen molar-refractivity contribution in [2.24, 2.45) is 0 Å². The van der Waals surface area contributed by atoms with E-state index >= 15 is 0 Å². The zero-order chi connectivity index (χ0) is 55.7. The van der Waals surface area contributed by atoms with Crippen LogP contribution in [0.2, 0.25) is 0 Å². The SMILES string of the molecule is CC/C=C\C/C=C\C/C=C\C/C=C\C/C=C\CCCCCCCCCCCCCCCC(=O)OCC(COC(=O)CCCCCCCCCCCCCCCCC)OC(=O)CCCCCCC/C=C\C/C=C\C/C=C\CC. The van der Waals surface area contributed by atoms with E-state index in [1.807, 2.05) is 0 Å². The first kappa shape index (κ1) is 73.3. The molecule has 1 unspecified atom stereocenters. The average molecular weight is 1070 g/mol. The Kier molecular flexibility index (Phi) is 61.8. The maximum absolute atomic E-state index is 12.9. The minimum atomic E-state index is -0.786. The Morgan fingerprint density at radius 1 is 0.273 bits per heavy atom. The lowest BCUT2D eigenvalue weighted by atomic mass is 10.0. The molecule has 0 saturated heterocycles. The Morgan fingerprint density at radius 3 is 0.792 bits per heavy atom. The molecule has 77 heavy (non-hydrogen) atoms. The third kappa shape index (κ3) is 63.0. The lowest BCUT2D eigenvalue weighted by Gasteiger charge is -2.18. The van der Waals surface area contributed by atoms with Crippen LogP contribution < -0.4 is 0 Å². The van der Waals surface area contributed by atoms with Crippen LogP contribution in [0, 0.1) is 0 Å². The molecule has 0 aromatic rings. The Balaban J connectivity index is 4.26. The van der Waals surface area contributed by atoms with Crippen molar-refractivity contribution in [1.82, 2.24) is 0 Å². The zero-order valence-electron chi connectivity index (χ0n) is 50.7. The average Bonchev–Trinajstić information content (AvgIpc) is 3.43. The summed E-state index contributed by atoms with van der Waals surface area (Å²) < 4.78 is 16.9. The van der Waals surface area contributed by atoms with Gasteiger partial charge in [-0.15, -0.1) is 0 Å². The van der Waals surface area contributed by atoms with Gasteiger partial charge in [-0.25, -0.2) is 0 Å². The molecule has 0 aliphatic rings. The third-order valence-electron chi connectivity index (χ3n) is 14.1. The highest BCUT2D eigenvalue weighted by Crippen LogP contribution is 2.17. The van der Waals surface area contributed by atoms with Crippen LogP contribution in [0.5, 0.6) is 0 Å². The first-order valence-corrected chi connectivity index (χ1v) is 32.7. The summed E-state index contributed by atoms with van der Waals surface area (Å²) in [5.74, 6) is -0.887. The van der Waals surface area contributed by atoms with Gasteiger partial charge in [-0.05, 0) is 96.3 Å². The molecule has 0 spiro atoms. The molecule has 0 amide bonds. The highest BCUT2D eigenvalue weighted by molar-refractivity contribution is 5.71. The van der Waals surface area contributed by atoms with Crippen molar-refractivity contribution in [2.75, 3.05) is 13.2 Å². The fourth-order valence-corrected chi connectivity index (χ4v) is 9.25. The van der Waals surface area contributed by atoms with Gasteiger partial charge in [-0.2, -0.15) is 0 Å². The van der Waals surface area contributed by atoms with E-state index in [0.29, 0.717) is 19.3 Å². The number of hydrogen-bond acceptors (Lipinski definition) is 6. The molecule has 0 aliphatic carbocycles. The summed E-state index contributed by atoms with van der Waals surface area (Å²) in [4.78, 5) is 38.3. The van der Waals surface area contributed by atoms with Crippen LogP contribution in [0.1, 0.15) is 316 Å². The standard InChI is InChI=1S/C71H122O6/c1-4-7-10-13-16-19-22-25-28-29-30-31-32-33-34-35-36-37-38-39-40-41-44-46-49-52-55-58-61-64-70(73)76-67-68(77-71(74)65-62-59-56-53-50-47-43-27-24-21-18-15-12-9-6-3)66-75-69(72)63-60-57-54-51-48-45-42-26-23-20-17-14-11-8-5-2/h7,9-10,12,16,18-19,21,25,27-28,30-31,33-34,43,68H,4-6,8,11,13-15,17,20,22-24,26,29,32,35-42,44-67H2,1-3H3/b10-7-,12-9-,19-16-,21-18-,28-25-,31-30-,34-33-,43-27-. The second-order valence-corrected chi connectivity index (χ2v) is 21.6. The van der Waals surface area contributed by atoms with E-state index in [1.54, 1.807) is 0 Å². The highest BCUT2D eigenvalue weighted by atomic mass is 16.6. The van der Waals surface area contributed by atoms with Crippen molar-refractivity contribution in [1.29, 1.82) is 0 Å². The van der Waals surface area contributed by atoms with E-state index in [-0.39, 0.29) is 31.1 Å². The normalized spacial score (nSPS) is 12.7. The van der Waals surface area contributed by atoms with E-state index in [9.17, 15) is 14.4 Å². The number of hydrogen-bond donors (Lipinski definition) is 0. The van der Waals surface area contributed by atoms with Crippen LogP contribution in [-0.2, 0) is 28.6 Å². The van der Waals surface area contributed by atoms with Gasteiger partial charge >= 0.3 is 17.9 Å². The van der Waals surface area contributed by atoms with E-state index in [0.717, 1.165) is 128 Å². The van der Waals surface area contributed by atoms with E-state index in [4.69, 9.17) is 14.2 Å². The lowest BCUT2D eigenvalue weighted by Crippen LogP contribution is -2.30. The fourth-order valence-electron chi connectivity index (χ4n) is 9.25. The number of carbonyl (C=O) groups excluding carboxylic acids is 3. The van der Waals surface area contributed by atoms with Crippen molar-refractivity contribution in [3.63, 3.8) is 0 Å². The van der Waals surface area contributed by atoms with Crippen molar-refractivity contribution < 1.29 is 28.6 Å². The molecule has 0 bridgehead atoms. The fraction of sp³-hybridized carbons (Fsp3) is 0.732. The first-order valence-electron chi connectivity index (χ1n) is 32.7. The molecule has 0 aromatic carbocycles. The third-order valence-corrected chi connectivity index (χ3v) is 14.1. The molecule has 1 atom stereocenters. The van der Waals surface area contributed by atoms with E-state index in [1.165, 1.54) is 148 Å². The second-order valence-electron chi connectivity index (χ2n) is 21.6. The largest absolute Gasteiger partial charge is 0.462 e. The summed E-state index contributed by atoms with van der Waals surface area (Å²) in [6.07, 6.45) is 87.0. The monoisotopic (exact) mass is 1070 g/mol. The van der Waals surface area contributed by atoms with Gasteiger partial charge in [0.15, 0.2) is 6.10 Å². The summed E-state index contributed by atoms with van der Waals surface area (Å²) in [5, 5.41) is 0. The number of unbranched alkanes of at least 4 members (excludes halogenated alkanes) is 32. The molecule has 0 aromatic heterocycles. The highest BCUT2D eigenvalue weighted by Gasteiger charge is 2.19. The van der Waals surface area contributed by atoms with Gasteiger partial charge in [-0.1, -0.05) is 298 Å². The van der Waals surface area contributed by atoms with Crippen LogP contribution in [0.3, 0.4) is 0 Å². The molecule has 0 fully saturated rings. The van der Waals surface area contributed by atoms with Crippen LogP contribution in [-0.4, -0.2) is 37.2 Å². The van der Waals surface area contributed by atoms with Crippen LogP contribution in [0.25, 0.3) is 0 Å². The van der Waals surface area contributed by atoms with Gasteiger partial charge < -0.3 is 14.2 Å². The van der Waals surface area contributed by atoms with Crippen LogP contribution in [0.15, 0.2) is 97.2 Å². The first-order chi connectivity index (χ1) is 38.0. The van der Waals surface area contributed by atoms with E-state index < -0.39 is 6.10 Å². The molecule has 0 aliphatic heterocycles. The summed E-state index contributed by atoms with van der Waals surface area (Å²) in [7, 11) is 0. The summed E-state index contributed by atoms with van der Waals surface area (Å²) in [6.45, 7) is 6.43. The van der Waals surface area contributed by atoms with Crippen molar-refractivity contribution >= 4 is 17.9 Å². The van der Waals surface area contributed by atoms with Gasteiger partial charge in [0.25, 0.3) is 0 Å². The number of rotatable bonds is 59. The molecule has 0 saturated carbocycles. The smallest absolute Gasteiger partial charge is 0.306 e. The second kappa shape index (κ2) is 64.9. The molecule has 442 valence electrons. The molecule has 0 N–H and O–H groups in total. The molecular formula is C71H122O6. The number of carbonyl (C=O) groups is 3. The van der Waals surface area contributed by atoms with Gasteiger partial charge in [0.1, 0.15) is 13.2 Å². The van der Waals surface area contributed by atoms with Gasteiger partial charge in [0.05, 0.1) is 0 Å². The molecule has 0 heterocycles. The van der Waals surface area contributed by atoms with Crippen LogP contribution >= 0.6 is 0 Å². The molecular weight excluding hydrogens is 949 g/mol. The topological polar surface area (TPSA) is 78.9 Å². The minimum Gasteiger partial charge on any atom is -0.462 e. The molecule has 0 rings (SSSR count). The lowest BCUT2D eigenvalue weighted by molar-refractivity contribution is -0.167. The Labute approximate surface area is 477 Å². The predicted octanol–water partition coefficient (Wildman–Crippen LogP) is 22.4. The minimum absolute atomic E-state index is 0.0811. The number of ether oxygens (including phenoxy) is 3. The Morgan fingerprint density at radius 2 is 0.506 bits per heavy atom. The van der Waals surface area contributed by atoms with Crippen molar-refractivity contribution in [2.45, 2.75) is 322 Å². The summed E-state index contributed by atoms with van der Waals surface area (Å²) in [6, 6.07) is 0. The van der Waals surface area contributed by atoms with Crippen molar-refractivity contribution in [3.8, 4) is 0 Å². The zero-order valence-corrected chi connectivity index (χ0v) is 50.7. The Hall–Kier alpha value is -3.67. The maximum atomic E-state index is 12.9. The Bertz CT molecular complexity index is 1510. The van der Waals surface area contributed by atoms with Gasteiger partial charge in [-0.3, -0.25) is 14.4 Å². The maximum Gasteiger partial charge on any atom is 0.306 e. The number of esters is 3. The summed E-state index contributed by atoms with van der Waals surface area (Å²) in [5.41, 5.74) is 0. The van der Waals surface area contributed by atoms with Crippen LogP contribution in [0.4, 0.5) is 0 Å². The van der Waals surface area contributed by atoms with Crippen molar-refractivity contribution in [3.05, 3.63) is 97.2 Å². The van der Waals surface area contributed by atoms with Gasteiger partial charge in [0.2, 0.25) is 0 Å². The predicted molar refractivity (Wildman–Crippen MR) is 334 cm³/mol. The summed E-state index contributed by atoms with van der Waals surface area (Å²) >= 11 is 0. The van der Waals surface area contributed by atoms with Gasteiger partial charge in [0, 0.05) is 19.3 Å². The molecule has 0 radical (unpaired) electrons. The number of allylic oxidation sites excluding steroid dienone is 16. The molecule has 6 heteroatoms. The molecule has 6 nitrogen and oxygen atoms in total. The quantitative estimate of drug-likeness (QED) is 0.0261.